The van der Waals surface area contributed by atoms with Crippen molar-refractivity contribution in [1.29, 1.82) is 0 Å². The minimum absolute atomic E-state index is 0.175. The fourth-order valence-corrected chi connectivity index (χ4v) is 3.01. The van der Waals surface area contributed by atoms with Crippen molar-refractivity contribution >= 4 is 14.2 Å². The third-order valence-corrected chi connectivity index (χ3v) is 6.04. The maximum absolute atomic E-state index is 6.13. The Kier molecular flexibility index (Phi) is 5.13. The maximum atomic E-state index is 6.13. The zero-order valence-electron chi connectivity index (χ0n) is 17.1. The van der Waals surface area contributed by atoms with Crippen LogP contribution in [0, 0.1) is 0 Å². The molecule has 0 saturated carbocycles. The van der Waals surface area contributed by atoms with E-state index in [4.69, 9.17) is 18.6 Å². The third kappa shape index (κ3) is 3.77. The summed E-state index contributed by atoms with van der Waals surface area (Å²) in [5, 5.41) is 0. The first-order chi connectivity index (χ1) is 10.7. The molecular formula is C18H34B2O4. The van der Waals surface area contributed by atoms with Gasteiger partial charge in [-0.15, -0.1) is 0 Å². The van der Waals surface area contributed by atoms with Crippen LogP contribution in [0.2, 0.25) is 12.1 Å². The standard InChI is InChI=1S/C18H34B2O4/c1-13(12-19-21-15(3,4)16(5,6)22-19)11-14(2)20-23-17(7,8)18(9,10)24-20/h11,14H,12H2,1-10H3. The number of hydrogen-bond donors (Lipinski definition) is 0. The summed E-state index contributed by atoms with van der Waals surface area (Å²) in [6.45, 7) is 20.9. The molecule has 0 spiro atoms. The highest BCUT2D eigenvalue weighted by molar-refractivity contribution is 6.48. The molecule has 0 aliphatic carbocycles. The largest absolute Gasteiger partial charge is 0.464 e. The average molecular weight is 336 g/mol. The molecule has 2 saturated heterocycles. The lowest BCUT2D eigenvalue weighted by Gasteiger charge is -2.32. The molecule has 0 aromatic carbocycles. The first-order valence-corrected chi connectivity index (χ1v) is 9.05. The van der Waals surface area contributed by atoms with E-state index < -0.39 is 0 Å². The Morgan fingerprint density at radius 2 is 1.17 bits per heavy atom. The molecule has 2 fully saturated rings. The van der Waals surface area contributed by atoms with Crippen molar-refractivity contribution < 1.29 is 18.6 Å². The lowest BCUT2D eigenvalue weighted by molar-refractivity contribution is 0.00578. The van der Waals surface area contributed by atoms with Crippen LogP contribution in [0.5, 0.6) is 0 Å². The molecule has 2 aliphatic rings. The second-order valence-corrected chi connectivity index (χ2v) is 9.39. The summed E-state index contributed by atoms with van der Waals surface area (Å²) in [6, 6.07) is 0. The van der Waals surface area contributed by atoms with E-state index in [0.29, 0.717) is 0 Å². The SMILES string of the molecule is CC(=CC(C)B1OC(C)(C)C(C)(C)O1)CB1OC(C)(C)C(C)(C)O1. The first kappa shape index (κ1) is 20.0. The van der Waals surface area contributed by atoms with Crippen molar-refractivity contribution in [1.82, 2.24) is 0 Å². The Morgan fingerprint density at radius 1 is 0.792 bits per heavy atom. The van der Waals surface area contributed by atoms with Crippen LogP contribution in [0.3, 0.4) is 0 Å². The first-order valence-electron chi connectivity index (χ1n) is 9.05. The molecule has 0 radical (unpaired) electrons. The van der Waals surface area contributed by atoms with E-state index in [1.807, 2.05) is 0 Å². The molecule has 0 N–H and O–H groups in total. The Hall–Kier alpha value is -0.290. The van der Waals surface area contributed by atoms with E-state index in [1.54, 1.807) is 0 Å². The Balaban J connectivity index is 1.97. The van der Waals surface area contributed by atoms with Crippen molar-refractivity contribution in [2.75, 3.05) is 0 Å². The molecule has 24 heavy (non-hydrogen) atoms. The van der Waals surface area contributed by atoms with Gasteiger partial charge in [0.05, 0.1) is 22.4 Å². The number of allylic oxidation sites excluding steroid dienone is 2. The van der Waals surface area contributed by atoms with Crippen molar-refractivity contribution in [2.45, 2.75) is 104 Å². The Morgan fingerprint density at radius 3 is 1.58 bits per heavy atom. The van der Waals surface area contributed by atoms with Crippen LogP contribution in [-0.2, 0) is 18.6 Å². The van der Waals surface area contributed by atoms with E-state index in [1.165, 1.54) is 5.57 Å². The van der Waals surface area contributed by atoms with Gasteiger partial charge in [-0.05, 0) is 62.3 Å². The molecular weight excluding hydrogens is 302 g/mol. The van der Waals surface area contributed by atoms with Crippen molar-refractivity contribution in [2.24, 2.45) is 0 Å². The minimum Gasteiger partial charge on any atom is -0.403 e. The van der Waals surface area contributed by atoms with Crippen LogP contribution >= 0.6 is 0 Å². The second kappa shape index (κ2) is 6.15. The van der Waals surface area contributed by atoms with Gasteiger partial charge in [-0.2, -0.15) is 0 Å². The van der Waals surface area contributed by atoms with Crippen molar-refractivity contribution in [3.63, 3.8) is 0 Å². The Bertz CT molecular complexity index is 479. The van der Waals surface area contributed by atoms with Gasteiger partial charge in [-0.3, -0.25) is 0 Å². The Labute approximate surface area is 148 Å². The van der Waals surface area contributed by atoms with Crippen LogP contribution in [-0.4, -0.2) is 36.6 Å². The van der Waals surface area contributed by atoms with Gasteiger partial charge in [0, 0.05) is 12.1 Å². The van der Waals surface area contributed by atoms with Gasteiger partial charge in [0.25, 0.3) is 0 Å². The van der Waals surface area contributed by atoms with E-state index in [0.717, 1.165) is 6.32 Å². The molecule has 2 heterocycles. The third-order valence-electron chi connectivity index (χ3n) is 6.04. The van der Waals surface area contributed by atoms with Crippen LogP contribution in [0.25, 0.3) is 0 Å². The van der Waals surface area contributed by atoms with Gasteiger partial charge in [0.15, 0.2) is 0 Å². The predicted octanol–water partition coefficient (Wildman–Crippen LogP) is 4.51. The molecule has 0 bridgehead atoms. The molecule has 136 valence electrons. The van der Waals surface area contributed by atoms with Crippen molar-refractivity contribution in [3.8, 4) is 0 Å². The number of rotatable bonds is 4. The lowest BCUT2D eigenvalue weighted by Crippen LogP contribution is -2.41. The van der Waals surface area contributed by atoms with Crippen LogP contribution in [0.1, 0.15) is 69.2 Å². The highest BCUT2D eigenvalue weighted by atomic mass is 16.7. The molecule has 2 rings (SSSR count). The summed E-state index contributed by atoms with van der Waals surface area (Å²) in [5.41, 5.74) is 0.0827. The summed E-state index contributed by atoms with van der Waals surface area (Å²) in [6.07, 6.45) is 2.98. The van der Waals surface area contributed by atoms with Crippen LogP contribution in [0.15, 0.2) is 11.6 Å². The van der Waals surface area contributed by atoms with Crippen LogP contribution < -0.4 is 0 Å². The summed E-state index contributed by atoms with van der Waals surface area (Å²) in [4.78, 5) is 0. The molecule has 1 unspecified atom stereocenters. The molecule has 2 aliphatic heterocycles. The average Bonchev–Trinajstić information content (AvgIpc) is 2.67. The molecule has 6 heteroatoms. The van der Waals surface area contributed by atoms with Gasteiger partial charge in [-0.1, -0.05) is 18.6 Å². The van der Waals surface area contributed by atoms with Gasteiger partial charge < -0.3 is 18.6 Å². The smallest absolute Gasteiger partial charge is 0.403 e. The van der Waals surface area contributed by atoms with Crippen LogP contribution in [0.4, 0.5) is 0 Å². The van der Waals surface area contributed by atoms with Gasteiger partial charge in [0.1, 0.15) is 0 Å². The molecule has 0 amide bonds. The zero-order valence-corrected chi connectivity index (χ0v) is 17.1. The zero-order chi connectivity index (χ0) is 18.6. The quantitative estimate of drug-likeness (QED) is 0.559. The predicted molar refractivity (Wildman–Crippen MR) is 100 cm³/mol. The highest BCUT2D eigenvalue weighted by Gasteiger charge is 2.53. The minimum atomic E-state index is -0.292. The molecule has 0 aromatic rings. The van der Waals surface area contributed by atoms with E-state index >= 15 is 0 Å². The monoisotopic (exact) mass is 336 g/mol. The normalized spacial score (nSPS) is 29.2. The maximum Gasteiger partial charge on any atom is 0.464 e. The van der Waals surface area contributed by atoms with E-state index in [9.17, 15) is 0 Å². The van der Waals surface area contributed by atoms with E-state index in [2.05, 4.69) is 75.3 Å². The summed E-state index contributed by atoms with van der Waals surface area (Å²) >= 11 is 0. The van der Waals surface area contributed by atoms with Gasteiger partial charge in [-0.25, -0.2) is 0 Å². The topological polar surface area (TPSA) is 36.9 Å². The highest BCUT2D eigenvalue weighted by Crippen LogP contribution is 2.41. The van der Waals surface area contributed by atoms with Gasteiger partial charge in [0.2, 0.25) is 0 Å². The summed E-state index contributed by atoms with van der Waals surface area (Å²) < 4.78 is 24.4. The van der Waals surface area contributed by atoms with Crippen molar-refractivity contribution in [3.05, 3.63) is 11.6 Å². The molecule has 0 aromatic heterocycles. The molecule has 1 atom stereocenters. The fraction of sp³-hybridized carbons (Fsp3) is 0.889. The van der Waals surface area contributed by atoms with Gasteiger partial charge >= 0.3 is 14.2 Å². The second-order valence-electron chi connectivity index (χ2n) is 9.39. The summed E-state index contributed by atoms with van der Waals surface area (Å²) in [5.74, 6) is 0.175. The lowest BCUT2D eigenvalue weighted by atomic mass is 9.70. The number of hydrogen-bond acceptors (Lipinski definition) is 4. The molecule has 4 nitrogen and oxygen atoms in total. The van der Waals surface area contributed by atoms with E-state index in [-0.39, 0.29) is 42.5 Å². The summed E-state index contributed by atoms with van der Waals surface area (Å²) in [7, 11) is -0.417. The fourth-order valence-electron chi connectivity index (χ4n) is 3.01.